The van der Waals surface area contributed by atoms with E-state index >= 15 is 0 Å². The highest BCUT2D eigenvalue weighted by Gasteiger charge is 2.27. The largest absolute Gasteiger partial charge is 0.310 e. The Labute approximate surface area is 121 Å². The molecular formula is C14H18BrClFN. The molecule has 1 aromatic rings. The lowest BCUT2D eigenvalue weighted by Crippen LogP contribution is -2.23. The van der Waals surface area contributed by atoms with Gasteiger partial charge < -0.3 is 5.32 Å². The molecule has 1 aliphatic carbocycles. The van der Waals surface area contributed by atoms with Gasteiger partial charge in [-0.05, 0) is 64.8 Å². The number of fused-ring (bicyclic) bond motifs is 1. The third-order valence-electron chi connectivity index (χ3n) is 3.64. The Hall–Kier alpha value is -0.120. The van der Waals surface area contributed by atoms with Crippen molar-refractivity contribution >= 4 is 27.5 Å². The molecule has 0 bridgehead atoms. The third-order valence-corrected chi connectivity index (χ3v) is 4.90. The first-order valence-corrected chi connectivity index (χ1v) is 7.61. The molecule has 18 heavy (non-hydrogen) atoms. The van der Waals surface area contributed by atoms with Gasteiger partial charge in [0.05, 0.1) is 5.02 Å². The van der Waals surface area contributed by atoms with Crippen LogP contribution in [-0.4, -0.2) is 6.54 Å². The second-order valence-electron chi connectivity index (χ2n) is 5.04. The number of rotatable bonds is 2. The molecule has 4 heteroatoms. The van der Waals surface area contributed by atoms with Crippen molar-refractivity contribution in [3.8, 4) is 0 Å². The van der Waals surface area contributed by atoms with Gasteiger partial charge in [-0.3, -0.25) is 0 Å². The minimum absolute atomic E-state index is 0.140. The molecule has 0 spiro atoms. The molecule has 0 radical (unpaired) electrons. The van der Waals surface area contributed by atoms with Crippen molar-refractivity contribution in [2.45, 2.75) is 39.2 Å². The molecule has 1 aliphatic rings. The molecule has 1 aromatic carbocycles. The normalized spacial score (nSPS) is 23.6. The fraction of sp³-hybridized carbons (Fsp3) is 0.571. The summed E-state index contributed by atoms with van der Waals surface area (Å²) in [4.78, 5) is 0. The van der Waals surface area contributed by atoms with E-state index in [9.17, 15) is 4.39 Å². The minimum atomic E-state index is -0.140. The number of hydrogen-bond donors (Lipinski definition) is 1. The maximum atomic E-state index is 14.1. The van der Waals surface area contributed by atoms with Gasteiger partial charge in [0.25, 0.3) is 0 Å². The van der Waals surface area contributed by atoms with Gasteiger partial charge in [0, 0.05) is 10.5 Å². The van der Waals surface area contributed by atoms with Crippen LogP contribution in [0, 0.1) is 11.7 Å². The fourth-order valence-electron chi connectivity index (χ4n) is 2.73. The predicted octanol–water partition coefficient (Wildman–Crippen LogP) is 4.86. The fourth-order valence-corrected chi connectivity index (χ4v) is 3.44. The van der Waals surface area contributed by atoms with Crippen LogP contribution in [0.1, 0.15) is 43.9 Å². The molecule has 2 unspecified atom stereocenters. The summed E-state index contributed by atoms with van der Waals surface area (Å²) in [6.07, 6.45) is 2.80. The summed E-state index contributed by atoms with van der Waals surface area (Å²) < 4.78 is 14.8. The van der Waals surface area contributed by atoms with Crippen molar-refractivity contribution < 1.29 is 4.39 Å². The Bertz CT molecular complexity index is 450. The summed E-state index contributed by atoms with van der Waals surface area (Å²) in [7, 11) is 0. The van der Waals surface area contributed by atoms with Crippen LogP contribution in [0.2, 0.25) is 5.02 Å². The van der Waals surface area contributed by atoms with Gasteiger partial charge in [-0.2, -0.15) is 0 Å². The van der Waals surface area contributed by atoms with Gasteiger partial charge in [-0.1, -0.05) is 25.4 Å². The standard InChI is InChI=1S/C14H18BrClFN/c1-3-18-12-6-8(2)4-5-9-11(17)7-10(15)14(16)13(9)12/h7-8,12,18H,3-6H2,1-2H3. The van der Waals surface area contributed by atoms with E-state index in [0.29, 0.717) is 15.4 Å². The van der Waals surface area contributed by atoms with E-state index in [-0.39, 0.29) is 11.9 Å². The quantitative estimate of drug-likeness (QED) is 0.601. The monoisotopic (exact) mass is 333 g/mol. The van der Waals surface area contributed by atoms with Crippen LogP contribution in [0.15, 0.2) is 10.5 Å². The Morgan fingerprint density at radius 1 is 1.56 bits per heavy atom. The first-order chi connectivity index (χ1) is 8.54. The molecule has 1 N–H and O–H groups in total. The topological polar surface area (TPSA) is 12.0 Å². The van der Waals surface area contributed by atoms with Crippen molar-refractivity contribution in [3.63, 3.8) is 0 Å². The molecule has 0 aliphatic heterocycles. The van der Waals surface area contributed by atoms with Crippen LogP contribution < -0.4 is 5.32 Å². The zero-order valence-electron chi connectivity index (χ0n) is 10.7. The summed E-state index contributed by atoms with van der Waals surface area (Å²) in [5.74, 6) is 0.439. The van der Waals surface area contributed by atoms with E-state index in [1.54, 1.807) is 0 Å². The molecule has 0 saturated heterocycles. The Morgan fingerprint density at radius 3 is 2.94 bits per heavy atom. The summed E-state index contributed by atoms with van der Waals surface area (Å²) in [6, 6.07) is 1.64. The average molecular weight is 335 g/mol. The molecular weight excluding hydrogens is 317 g/mol. The number of hydrogen-bond acceptors (Lipinski definition) is 1. The van der Waals surface area contributed by atoms with Crippen LogP contribution >= 0.6 is 27.5 Å². The molecule has 2 rings (SSSR count). The average Bonchev–Trinajstić information content (AvgIpc) is 2.47. The van der Waals surface area contributed by atoms with Gasteiger partial charge >= 0.3 is 0 Å². The lowest BCUT2D eigenvalue weighted by Gasteiger charge is -2.22. The maximum Gasteiger partial charge on any atom is 0.127 e. The summed E-state index contributed by atoms with van der Waals surface area (Å²) in [6.45, 7) is 5.15. The van der Waals surface area contributed by atoms with E-state index < -0.39 is 0 Å². The van der Waals surface area contributed by atoms with E-state index in [0.717, 1.165) is 36.9 Å². The molecule has 0 amide bonds. The van der Waals surface area contributed by atoms with Crippen LogP contribution in [0.4, 0.5) is 4.39 Å². The molecule has 0 fully saturated rings. The SMILES string of the molecule is CCNC1CC(C)CCc2c(F)cc(Br)c(Cl)c21. The second kappa shape index (κ2) is 5.89. The number of nitrogens with one attached hydrogen (secondary N) is 1. The van der Waals surface area contributed by atoms with Gasteiger partial charge in [0.1, 0.15) is 5.82 Å². The van der Waals surface area contributed by atoms with E-state index in [2.05, 4.69) is 35.1 Å². The molecule has 0 heterocycles. The van der Waals surface area contributed by atoms with E-state index in [1.807, 2.05) is 0 Å². The van der Waals surface area contributed by atoms with Gasteiger partial charge in [0.15, 0.2) is 0 Å². The zero-order valence-corrected chi connectivity index (χ0v) is 13.0. The first kappa shape index (κ1) is 14.3. The molecule has 1 nitrogen and oxygen atoms in total. The van der Waals surface area contributed by atoms with Crippen molar-refractivity contribution in [2.24, 2.45) is 5.92 Å². The Balaban J connectivity index is 2.54. The highest BCUT2D eigenvalue weighted by Crippen LogP contribution is 2.40. The highest BCUT2D eigenvalue weighted by atomic mass is 79.9. The van der Waals surface area contributed by atoms with Crippen LogP contribution in [0.5, 0.6) is 0 Å². The summed E-state index contributed by atoms with van der Waals surface area (Å²) in [5, 5.41) is 4.09. The van der Waals surface area contributed by atoms with Crippen LogP contribution in [0.25, 0.3) is 0 Å². The summed E-state index contributed by atoms with van der Waals surface area (Å²) >= 11 is 9.72. The van der Waals surface area contributed by atoms with Gasteiger partial charge in [0.2, 0.25) is 0 Å². The molecule has 0 aromatic heterocycles. The van der Waals surface area contributed by atoms with Gasteiger partial charge in [-0.25, -0.2) is 4.39 Å². The lowest BCUT2D eigenvalue weighted by molar-refractivity contribution is 0.415. The van der Waals surface area contributed by atoms with Crippen molar-refractivity contribution in [1.82, 2.24) is 5.32 Å². The van der Waals surface area contributed by atoms with E-state index in [4.69, 9.17) is 11.6 Å². The third kappa shape index (κ3) is 2.73. The predicted molar refractivity (Wildman–Crippen MR) is 77.6 cm³/mol. The molecule has 100 valence electrons. The van der Waals surface area contributed by atoms with Crippen molar-refractivity contribution in [3.05, 3.63) is 32.5 Å². The minimum Gasteiger partial charge on any atom is -0.310 e. The smallest absolute Gasteiger partial charge is 0.127 e. The molecule has 2 atom stereocenters. The molecule has 0 saturated carbocycles. The van der Waals surface area contributed by atoms with Crippen LogP contribution in [0.3, 0.4) is 0 Å². The van der Waals surface area contributed by atoms with Gasteiger partial charge in [-0.15, -0.1) is 0 Å². The Morgan fingerprint density at radius 2 is 2.28 bits per heavy atom. The summed E-state index contributed by atoms with van der Waals surface area (Å²) in [5.41, 5.74) is 1.74. The zero-order chi connectivity index (χ0) is 13.3. The van der Waals surface area contributed by atoms with Crippen LogP contribution in [-0.2, 0) is 6.42 Å². The van der Waals surface area contributed by atoms with Crippen molar-refractivity contribution in [1.29, 1.82) is 0 Å². The highest BCUT2D eigenvalue weighted by molar-refractivity contribution is 9.10. The number of benzene rings is 1. The lowest BCUT2D eigenvalue weighted by atomic mass is 9.96. The van der Waals surface area contributed by atoms with Crippen molar-refractivity contribution in [2.75, 3.05) is 6.54 Å². The second-order valence-corrected chi connectivity index (χ2v) is 6.27. The first-order valence-electron chi connectivity index (χ1n) is 6.44. The number of halogens is 3. The van der Waals surface area contributed by atoms with E-state index in [1.165, 1.54) is 6.07 Å². The Kier molecular flexibility index (Phi) is 4.68. The maximum absolute atomic E-state index is 14.1.